The number of primary amides is 1. The summed E-state index contributed by atoms with van der Waals surface area (Å²) in [5, 5.41) is 0. The van der Waals surface area contributed by atoms with Crippen molar-refractivity contribution < 1.29 is 18.0 Å². The normalized spacial score (nSPS) is 11.4. The van der Waals surface area contributed by atoms with Gasteiger partial charge in [0.1, 0.15) is 0 Å². The van der Waals surface area contributed by atoms with Crippen molar-refractivity contribution in [2.75, 3.05) is 0 Å². The molecule has 0 unspecified atom stereocenters. The number of benzene rings is 1. The SMILES string of the molecule is NC(=O)c1ccccc1CC(F)(F)F. The number of carbonyl (C=O) groups excluding carboxylic acids is 1. The average Bonchev–Trinajstić information content (AvgIpc) is 2.01. The zero-order valence-corrected chi connectivity index (χ0v) is 7.14. The van der Waals surface area contributed by atoms with E-state index in [1.54, 1.807) is 0 Å². The fourth-order valence-electron chi connectivity index (χ4n) is 1.13. The molecular formula is C9H8F3NO. The molecule has 0 radical (unpaired) electrons. The van der Waals surface area contributed by atoms with Crippen molar-refractivity contribution in [2.24, 2.45) is 5.73 Å². The maximum absolute atomic E-state index is 12.0. The lowest BCUT2D eigenvalue weighted by atomic mass is 10.0. The molecular weight excluding hydrogens is 195 g/mol. The summed E-state index contributed by atoms with van der Waals surface area (Å²) in [4.78, 5) is 10.8. The quantitative estimate of drug-likeness (QED) is 0.783. The van der Waals surface area contributed by atoms with Crippen LogP contribution in [0.4, 0.5) is 13.2 Å². The monoisotopic (exact) mass is 203 g/mol. The highest BCUT2D eigenvalue weighted by atomic mass is 19.4. The Balaban J connectivity index is 3.02. The minimum absolute atomic E-state index is 0.0789. The first kappa shape index (κ1) is 10.6. The third-order valence-corrected chi connectivity index (χ3v) is 1.67. The van der Waals surface area contributed by atoms with Crippen molar-refractivity contribution in [2.45, 2.75) is 12.6 Å². The van der Waals surface area contributed by atoms with E-state index >= 15 is 0 Å². The van der Waals surface area contributed by atoms with Crippen LogP contribution in [0.15, 0.2) is 24.3 Å². The van der Waals surface area contributed by atoms with Gasteiger partial charge in [0.15, 0.2) is 0 Å². The molecule has 0 aliphatic heterocycles. The van der Waals surface area contributed by atoms with Gasteiger partial charge in [0.05, 0.1) is 6.42 Å². The van der Waals surface area contributed by atoms with Crippen LogP contribution < -0.4 is 5.73 Å². The van der Waals surface area contributed by atoms with Gasteiger partial charge in [0.2, 0.25) is 5.91 Å². The highest BCUT2D eigenvalue weighted by Crippen LogP contribution is 2.23. The molecule has 0 bridgehead atoms. The molecule has 0 aliphatic carbocycles. The van der Waals surface area contributed by atoms with Crippen LogP contribution in [0.25, 0.3) is 0 Å². The van der Waals surface area contributed by atoms with Gasteiger partial charge in [-0.2, -0.15) is 13.2 Å². The van der Waals surface area contributed by atoms with Gasteiger partial charge in [-0.1, -0.05) is 18.2 Å². The molecule has 1 aromatic carbocycles. The minimum atomic E-state index is -4.33. The summed E-state index contributed by atoms with van der Waals surface area (Å²) in [5.74, 6) is -0.843. The molecule has 14 heavy (non-hydrogen) atoms. The Morgan fingerprint density at radius 2 is 1.86 bits per heavy atom. The first-order valence-corrected chi connectivity index (χ1v) is 3.84. The highest BCUT2D eigenvalue weighted by molar-refractivity contribution is 5.94. The molecule has 0 fully saturated rings. The van der Waals surface area contributed by atoms with Crippen LogP contribution in [0, 0.1) is 0 Å². The number of carbonyl (C=O) groups is 1. The number of alkyl halides is 3. The number of amides is 1. The van der Waals surface area contributed by atoms with Gasteiger partial charge in [0, 0.05) is 5.56 Å². The zero-order valence-electron chi connectivity index (χ0n) is 7.14. The van der Waals surface area contributed by atoms with Gasteiger partial charge in [-0.3, -0.25) is 4.79 Å². The largest absolute Gasteiger partial charge is 0.393 e. The molecule has 0 atom stereocenters. The molecule has 0 saturated heterocycles. The zero-order chi connectivity index (χ0) is 10.8. The predicted octanol–water partition coefficient (Wildman–Crippen LogP) is 1.89. The van der Waals surface area contributed by atoms with Gasteiger partial charge in [-0.25, -0.2) is 0 Å². The van der Waals surface area contributed by atoms with Gasteiger partial charge in [-0.05, 0) is 11.6 Å². The molecule has 0 aliphatic rings. The average molecular weight is 203 g/mol. The fraction of sp³-hybridized carbons (Fsp3) is 0.222. The predicted molar refractivity (Wildman–Crippen MR) is 44.7 cm³/mol. The maximum atomic E-state index is 12.0. The van der Waals surface area contributed by atoms with E-state index in [0.717, 1.165) is 0 Å². The summed E-state index contributed by atoms with van der Waals surface area (Å²) >= 11 is 0. The Morgan fingerprint density at radius 1 is 1.29 bits per heavy atom. The van der Waals surface area contributed by atoms with Crippen LogP contribution in [0.1, 0.15) is 15.9 Å². The molecule has 0 saturated carbocycles. The second kappa shape index (κ2) is 3.69. The molecule has 1 amide bonds. The highest BCUT2D eigenvalue weighted by Gasteiger charge is 2.29. The van der Waals surface area contributed by atoms with Crippen molar-refractivity contribution in [3.63, 3.8) is 0 Å². The Bertz CT molecular complexity index is 346. The fourth-order valence-corrected chi connectivity index (χ4v) is 1.13. The van der Waals surface area contributed by atoms with Crippen LogP contribution in [0.3, 0.4) is 0 Å². The Labute approximate surface area is 78.5 Å². The van der Waals surface area contributed by atoms with Crippen molar-refractivity contribution >= 4 is 5.91 Å². The van der Waals surface area contributed by atoms with E-state index in [1.165, 1.54) is 24.3 Å². The number of hydrogen-bond donors (Lipinski definition) is 1. The second-order valence-corrected chi connectivity index (χ2v) is 2.81. The van der Waals surface area contributed by atoms with Crippen molar-refractivity contribution in [1.82, 2.24) is 0 Å². The topological polar surface area (TPSA) is 43.1 Å². The van der Waals surface area contributed by atoms with Crippen LogP contribution in [-0.4, -0.2) is 12.1 Å². The van der Waals surface area contributed by atoms with Crippen molar-refractivity contribution in [3.8, 4) is 0 Å². The lowest BCUT2D eigenvalue weighted by Gasteiger charge is -2.08. The Kier molecular flexibility index (Phi) is 2.78. The van der Waals surface area contributed by atoms with Crippen LogP contribution in [0.5, 0.6) is 0 Å². The lowest BCUT2D eigenvalue weighted by molar-refractivity contribution is -0.127. The number of halogens is 3. The molecule has 1 aromatic rings. The van der Waals surface area contributed by atoms with Gasteiger partial charge >= 0.3 is 6.18 Å². The molecule has 1 rings (SSSR count). The van der Waals surface area contributed by atoms with Crippen LogP contribution in [-0.2, 0) is 6.42 Å². The first-order valence-electron chi connectivity index (χ1n) is 3.84. The molecule has 76 valence electrons. The molecule has 0 aromatic heterocycles. The van der Waals surface area contributed by atoms with Gasteiger partial charge in [0.25, 0.3) is 0 Å². The maximum Gasteiger partial charge on any atom is 0.393 e. The number of rotatable bonds is 2. The summed E-state index contributed by atoms with van der Waals surface area (Å²) in [5.41, 5.74) is 4.76. The second-order valence-electron chi connectivity index (χ2n) is 2.81. The summed E-state index contributed by atoms with van der Waals surface area (Å²) in [6.07, 6.45) is -5.46. The van der Waals surface area contributed by atoms with Crippen LogP contribution in [0.2, 0.25) is 0 Å². The minimum Gasteiger partial charge on any atom is -0.366 e. The lowest BCUT2D eigenvalue weighted by Crippen LogP contribution is -2.18. The van der Waals surface area contributed by atoms with Crippen molar-refractivity contribution in [1.29, 1.82) is 0 Å². The van der Waals surface area contributed by atoms with E-state index in [2.05, 4.69) is 0 Å². The third-order valence-electron chi connectivity index (χ3n) is 1.67. The molecule has 2 nitrogen and oxygen atoms in total. The summed E-state index contributed by atoms with van der Waals surface area (Å²) in [6.45, 7) is 0. The van der Waals surface area contributed by atoms with E-state index in [1.807, 2.05) is 0 Å². The third kappa shape index (κ3) is 2.76. The van der Waals surface area contributed by atoms with Gasteiger partial charge in [-0.15, -0.1) is 0 Å². The Hall–Kier alpha value is -1.52. The van der Waals surface area contributed by atoms with E-state index < -0.39 is 18.5 Å². The summed E-state index contributed by atoms with van der Waals surface area (Å²) < 4.78 is 36.1. The molecule has 5 heteroatoms. The molecule has 0 heterocycles. The standard InChI is InChI=1S/C9H8F3NO/c10-9(11,12)5-6-3-1-2-4-7(6)8(13)14/h1-4H,5H2,(H2,13,14). The van der Waals surface area contributed by atoms with Crippen molar-refractivity contribution in [3.05, 3.63) is 35.4 Å². The Morgan fingerprint density at radius 3 is 2.36 bits per heavy atom. The summed E-state index contributed by atoms with van der Waals surface area (Å²) in [7, 11) is 0. The van der Waals surface area contributed by atoms with E-state index in [9.17, 15) is 18.0 Å². The number of hydrogen-bond acceptors (Lipinski definition) is 1. The van der Waals surface area contributed by atoms with E-state index in [-0.39, 0.29) is 11.1 Å². The summed E-state index contributed by atoms with van der Waals surface area (Å²) in [6, 6.07) is 5.43. The first-order chi connectivity index (χ1) is 6.40. The van der Waals surface area contributed by atoms with Gasteiger partial charge < -0.3 is 5.73 Å². The van der Waals surface area contributed by atoms with E-state index in [0.29, 0.717) is 0 Å². The van der Waals surface area contributed by atoms with Crippen LogP contribution >= 0.6 is 0 Å². The molecule has 2 N–H and O–H groups in total. The smallest absolute Gasteiger partial charge is 0.366 e. The van der Waals surface area contributed by atoms with E-state index in [4.69, 9.17) is 5.73 Å². The number of nitrogens with two attached hydrogens (primary N) is 1. The molecule has 0 spiro atoms.